The van der Waals surface area contributed by atoms with E-state index in [4.69, 9.17) is 11.6 Å². The maximum atomic E-state index is 5.99. The van der Waals surface area contributed by atoms with Crippen LogP contribution >= 0.6 is 11.6 Å². The number of rotatable bonds is 4. The van der Waals surface area contributed by atoms with Crippen LogP contribution < -0.4 is 0 Å². The molecule has 1 atom stereocenters. The molecule has 0 bridgehead atoms. The molecule has 0 saturated carbocycles. The topological polar surface area (TPSA) is 3.24 Å². The third kappa shape index (κ3) is 3.23. The molecule has 0 aromatic heterocycles. The van der Waals surface area contributed by atoms with E-state index in [0.717, 1.165) is 12.4 Å². The SMILES string of the molecule is CC(C)c1ccc(CN2CCCC2CCl)cc1. The molecule has 0 spiro atoms. The lowest BCUT2D eigenvalue weighted by atomic mass is 10.0. The third-order valence-electron chi connectivity index (χ3n) is 3.71. The van der Waals surface area contributed by atoms with E-state index in [9.17, 15) is 0 Å². The molecule has 1 unspecified atom stereocenters. The molecule has 1 aliphatic rings. The van der Waals surface area contributed by atoms with Gasteiger partial charge in [-0.3, -0.25) is 4.90 Å². The largest absolute Gasteiger partial charge is 0.295 e. The highest BCUT2D eigenvalue weighted by molar-refractivity contribution is 6.18. The zero-order valence-corrected chi connectivity index (χ0v) is 11.6. The first-order valence-electron chi connectivity index (χ1n) is 6.59. The van der Waals surface area contributed by atoms with Crippen LogP contribution in [-0.4, -0.2) is 23.4 Å². The molecular formula is C15H22ClN. The minimum Gasteiger partial charge on any atom is -0.295 e. The van der Waals surface area contributed by atoms with Crippen LogP contribution in [0.4, 0.5) is 0 Å². The number of halogens is 1. The Kier molecular flexibility index (Phi) is 4.47. The monoisotopic (exact) mass is 251 g/mol. The van der Waals surface area contributed by atoms with Crippen LogP contribution in [0.1, 0.15) is 43.7 Å². The molecule has 0 N–H and O–H groups in total. The lowest BCUT2D eigenvalue weighted by Gasteiger charge is -2.22. The summed E-state index contributed by atoms with van der Waals surface area (Å²) in [7, 11) is 0. The quantitative estimate of drug-likeness (QED) is 0.731. The normalized spacial score (nSPS) is 21.3. The van der Waals surface area contributed by atoms with E-state index in [1.165, 1.54) is 30.5 Å². The molecule has 1 saturated heterocycles. The highest BCUT2D eigenvalue weighted by Crippen LogP contribution is 2.22. The van der Waals surface area contributed by atoms with Crippen molar-refractivity contribution >= 4 is 11.6 Å². The second-order valence-electron chi connectivity index (χ2n) is 5.32. The molecule has 0 radical (unpaired) electrons. The summed E-state index contributed by atoms with van der Waals surface area (Å²) in [5.74, 6) is 1.38. The fourth-order valence-corrected chi connectivity index (χ4v) is 2.87. The van der Waals surface area contributed by atoms with Crippen molar-refractivity contribution in [2.45, 2.75) is 45.2 Å². The third-order valence-corrected chi connectivity index (χ3v) is 4.07. The number of likely N-dealkylation sites (tertiary alicyclic amines) is 1. The fraction of sp³-hybridized carbons (Fsp3) is 0.600. The maximum absolute atomic E-state index is 5.99. The first kappa shape index (κ1) is 12.9. The molecule has 0 aliphatic carbocycles. The number of hydrogen-bond acceptors (Lipinski definition) is 1. The van der Waals surface area contributed by atoms with E-state index in [1.54, 1.807) is 0 Å². The minimum atomic E-state index is 0.585. The van der Waals surface area contributed by atoms with Crippen molar-refractivity contribution in [2.24, 2.45) is 0 Å². The Morgan fingerprint density at radius 3 is 2.59 bits per heavy atom. The Balaban J connectivity index is 1.99. The zero-order valence-electron chi connectivity index (χ0n) is 10.8. The molecule has 94 valence electrons. The van der Waals surface area contributed by atoms with Gasteiger partial charge in [0, 0.05) is 18.5 Å². The van der Waals surface area contributed by atoms with Gasteiger partial charge in [-0.1, -0.05) is 38.1 Å². The molecule has 2 rings (SSSR count). The van der Waals surface area contributed by atoms with E-state index < -0.39 is 0 Å². The summed E-state index contributed by atoms with van der Waals surface area (Å²) in [6, 6.07) is 9.62. The molecule has 0 amide bonds. The van der Waals surface area contributed by atoms with Crippen LogP contribution in [0.2, 0.25) is 0 Å². The van der Waals surface area contributed by atoms with Gasteiger partial charge in [-0.25, -0.2) is 0 Å². The Morgan fingerprint density at radius 1 is 1.29 bits per heavy atom. The Hall–Kier alpha value is -0.530. The second-order valence-corrected chi connectivity index (χ2v) is 5.63. The lowest BCUT2D eigenvalue weighted by molar-refractivity contribution is 0.263. The van der Waals surface area contributed by atoms with Gasteiger partial charge in [-0.15, -0.1) is 11.6 Å². The van der Waals surface area contributed by atoms with E-state index >= 15 is 0 Å². The first-order valence-corrected chi connectivity index (χ1v) is 7.13. The Bertz CT molecular complexity index is 344. The standard InChI is InChI=1S/C15H22ClN/c1-12(2)14-7-5-13(6-8-14)11-17-9-3-4-15(17)10-16/h5-8,12,15H,3-4,9-11H2,1-2H3. The van der Waals surface area contributed by atoms with Crippen LogP contribution in [0.25, 0.3) is 0 Å². The molecule has 1 nitrogen and oxygen atoms in total. The van der Waals surface area contributed by atoms with Gasteiger partial charge in [0.2, 0.25) is 0 Å². The van der Waals surface area contributed by atoms with Crippen LogP contribution in [0.15, 0.2) is 24.3 Å². The van der Waals surface area contributed by atoms with Crippen molar-refractivity contribution in [3.05, 3.63) is 35.4 Å². The zero-order chi connectivity index (χ0) is 12.3. The van der Waals surface area contributed by atoms with Crippen molar-refractivity contribution in [1.82, 2.24) is 4.90 Å². The number of hydrogen-bond donors (Lipinski definition) is 0. The second kappa shape index (κ2) is 5.88. The number of nitrogens with zero attached hydrogens (tertiary/aromatic N) is 1. The van der Waals surface area contributed by atoms with Crippen LogP contribution in [0.3, 0.4) is 0 Å². The lowest BCUT2D eigenvalue weighted by Crippen LogP contribution is -2.30. The average molecular weight is 252 g/mol. The minimum absolute atomic E-state index is 0.585. The number of alkyl halides is 1. The van der Waals surface area contributed by atoms with E-state index in [2.05, 4.69) is 43.0 Å². The summed E-state index contributed by atoms with van der Waals surface area (Å²) >= 11 is 5.99. The van der Waals surface area contributed by atoms with Crippen molar-refractivity contribution < 1.29 is 0 Å². The summed E-state index contributed by atoms with van der Waals surface area (Å²) in [6.45, 7) is 6.72. The molecule has 1 aromatic rings. The summed E-state index contributed by atoms with van der Waals surface area (Å²) in [4.78, 5) is 2.51. The predicted molar refractivity (Wildman–Crippen MR) is 74.7 cm³/mol. The van der Waals surface area contributed by atoms with Gasteiger partial charge >= 0.3 is 0 Å². The van der Waals surface area contributed by atoms with E-state index in [1.807, 2.05) is 0 Å². The molecule has 17 heavy (non-hydrogen) atoms. The smallest absolute Gasteiger partial charge is 0.0379 e. The summed E-state index contributed by atoms with van der Waals surface area (Å²) in [6.07, 6.45) is 2.55. The Labute approximate surface area is 110 Å². The molecule has 2 heteroatoms. The van der Waals surface area contributed by atoms with E-state index in [-0.39, 0.29) is 0 Å². The highest BCUT2D eigenvalue weighted by atomic mass is 35.5. The van der Waals surface area contributed by atoms with Crippen LogP contribution in [0.5, 0.6) is 0 Å². The molecule has 1 aliphatic heterocycles. The number of benzene rings is 1. The van der Waals surface area contributed by atoms with Crippen molar-refractivity contribution in [3.63, 3.8) is 0 Å². The molecule has 1 fully saturated rings. The van der Waals surface area contributed by atoms with Crippen molar-refractivity contribution in [3.8, 4) is 0 Å². The summed E-state index contributed by atoms with van der Waals surface area (Å²) in [5.41, 5.74) is 2.83. The van der Waals surface area contributed by atoms with Gasteiger partial charge in [0.05, 0.1) is 0 Å². The van der Waals surface area contributed by atoms with Crippen molar-refractivity contribution in [2.75, 3.05) is 12.4 Å². The maximum Gasteiger partial charge on any atom is 0.0379 e. The molecule has 1 heterocycles. The molecule has 1 aromatic carbocycles. The summed E-state index contributed by atoms with van der Waals surface area (Å²) < 4.78 is 0. The highest BCUT2D eigenvalue weighted by Gasteiger charge is 2.23. The van der Waals surface area contributed by atoms with Gasteiger partial charge in [0.1, 0.15) is 0 Å². The van der Waals surface area contributed by atoms with Gasteiger partial charge in [-0.2, -0.15) is 0 Å². The van der Waals surface area contributed by atoms with Crippen LogP contribution in [-0.2, 0) is 6.54 Å². The predicted octanol–water partition coefficient (Wildman–Crippen LogP) is 4.01. The average Bonchev–Trinajstić information content (AvgIpc) is 2.77. The van der Waals surface area contributed by atoms with Gasteiger partial charge in [0.25, 0.3) is 0 Å². The van der Waals surface area contributed by atoms with Crippen molar-refractivity contribution in [1.29, 1.82) is 0 Å². The summed E-state index contributed by atoms with van der Waals surface area (Å²) in [5, 5.41) is 0. The van der Waals surface area contributed by atoms with Crippen LogP contribution in [0, 0.1) is 0 Å². The van der Waals surface area contributed by atoms with Gasteiger partial charge < -0.3 is 0 Å². The van der Waals surface area contributed by atoms with Gasteiger partial charge in [-0.05, 0) is 36.4 Å². The fourth-order valence-electron chi connectivity index (χ4n) is 2.52. The Morgan fingerprint density at radius 2 is 2.00 bits per heavy atom. The first-order chi connectivity index (χ1) is 8.20. The molecular weight excluding hydrogens is 230 g/mol. The van der Waals surface area contributed by atoms with E-state index in [0.29, 0.717) is 12.0 Å². The van der Waals surface area contributed by atoms with Gasteiger partial charge in [0.15, 0.2) is 0 Å².